The Morgan fingerprint density at radius 2 is 1.94 bits per heavy atom. The monoisotopic (exact) mass is 471 g/mol. The lowest BCUT2D eigenvalue weighted by Crippen LogP contribution is -2.42. The second-order valence-electron chi connectivity index (χ2n) is 8.35. The van der Waals surface area contributed by atoms with Gasteiger partial charge in [-0.2, -0.15) is 13.2 Å². The van der Waals surface area contributed by atoms with Crippen LogP contribution in [0, 0.1) is 6.92 Å². The van der Waals surface area contributed by atoms with E-state index in [2.05, 4.69) is 9.97 Å². The van der Waals surface area contributed by atoms with E-state index in [1.807, 2.05) is 4.90 Å². The van der Waals surface area contributed by atoms with Gasteiger partial charge in [0.1, 0.15) is 18.4 Å². The third kappa shape index (κ3) is 5.20. The number of fused-ring (bicyclic) bond motifs is 1. The predicted molar refractivity (Wildman–Crippen MR) is 119 cm³/mol. The summed E-state index contributed by atoms with van der Waals surface area (Å²) < 4.78 is 44.7. The summed E-state index contributed by atoms with van der Waals surface area (Å²) >= 11 is 0. The summed E-state index contributed by atoms with van der Waals surface area (Å²) in [6.07, 6.45) is -2.02. The number of carbonyl (C=O) groups is 1. The molecule has 0 amide bonds. The summed E-state index contributed by atoms with van der Waals surface area (Å²) in [6, 6.07) is 10.1. The van der Waals surface area contributed by atoms with Gasteiger partial charge < -0.3 is 9.84 Å². The van der Waals surface area contributed by atoms with E-state index >= 15 is 0 Å². The van der Waals surface area contributed by atoms with Crippen molar-refractivity contribution in [2.24, 2.45) is 0 Å². The van der Waals surface area contributed by atoms with Gasteiger partial charge in [0.15, 0.2) is 5.82 Å². The Morgan fingerprint density at radius 3 is 2.62 bits per heavy atom. The minimum atomic E-state index is -4.40. The van der Waals surface area contributed by atoms with Crippen LogP contribution >= 0.6 is 0 Å². The van der Waals surface area contributed by atoms with Crippen LogP contribution in [0.3, 0.4) is 0 Å². The molecule has 1 aliphatic heterocycles. The zero-order valence-corrected chi connectivity index (χ0v) is 18.8. The van der Waals surface area contributed by atoms with Crippen molar-refractivity contribution < 1.29 is 27.8 Å². The zero-order chi connectivity index (χ0) is 24.5. The highest BCUT2D eigenvalue weighted by molar-refractivity contribution is 5.73. The normalized spacial score (nSPS) is 15.0. The lowest BCUT2D eigenvalue weighted by Gasteiger charge is -2.30. The summed E-state index contributed by atoms with van der Waals surface area (Å²) in [5, 5.41) is 9.23. The van der Waals surface area contributed by atoms with Crippen molar-refractivity contribution in [2.75, 3.05) is 6.54 Å². The molecule has 1 aliphatic rings. The van der Waals surface area contributed by atoms with Gasteiger partial charge in [-0.25, -0.2) is 9.97 Å². The number of ether oxygens (including phenoxy) is 1. The molecular formula is C25H24F3N3O3. The Kier molecular flexibility index (Phi) is 6.56. The van der Waals surface area contributed by atoms with E-state index < -0.39 is 23.8 Å². The molecule has 1 unspecified atom stereocenters. The molecule has 2 heterocycles. The van der Waals surface area contributed by atoms with Crippen molar-refractivity contribution in [1.82, 2.24) is 14.9 Å². The van der Waals surface area contributed by atoms with Crippen molar-refractivity contribution in [2.45, 2.75) is 45.6 Å². The van der Waals surface area contributed by atoms with Crippen LogP contribution in [-0.4, -0.2) is 38.5 Å². The number of halogens is 3. The van der Waals surface area contributed by atoms with E-state index in [4.69, 9.17) is 4.74 Å². The van der Waals surface area contributed by atoms with Crippen LogP contribution in [-0.2, 0) is 30.5 Å². The lowest BCUT2D eigenvalue weighted by molar-refractivity contribution is -0.143. The average Bonchev–Trinajstić information content (AvgIpc) is 2.82. The standard InChI is InChI=1S/C25H24F3N3O3/c1-15-3-6-20(25(26,27)28)11-18(15)14-34-21-7-4-17(5-8-21)23-29-12-19-13-31(16(2)24(32)33)10-9-22(19)30-23/h3-8,11-12,16H,9-10,13-14H2,1-2H3,(H,32,33). The number of hydrogen-bond acceptors (Lipinski definition) is 5. The van der Waals surface area contributed by atoms with Crippen LogP contribution in [0.4, 0.5) is 13.2 Å². The van der Waals surface area contributed by atoms with Crippen LogP contribution in [0.1, 0.15) is 34.9 Å². The van der Waals surface area contributed by atoms with E-state index in [1.165, 1.54) is 6.07 Å². The van der Waals surface area contributed by atoms with Gasteiger partial charge in [0.25, 0.3) is 0 Å². The molecular weight excluding hydrogens is 447 g/mol. The second kappa shape index (κ2) is 9.42. The number of hydrogen-bond donors (Lipinski definition) is 1. The first-order valence-electron chi connectivity index (χ1n) is 10.8. The van der Waals surface area contributed by atoms with Crippen LogP contribution in [0.15, 0.2) is 48.7 Å². The van der Waals surface area contributed by atoms with Crippen molar-refractivity contribution in [1.29, 1.82) is 0 Å². The van der Waals surface area contributed by atoms with Gasteiger partial charge in [-0.15, -0.1) is 0 Å². The predicted octanol–water partition coefficient (Wildman–Crippen LogP) is 4.88. The average molecular weight is 471 g/mol. The summed E-state index contributed by atoms with van der Waals surface area (Å²) in [5.41, 5.74) is 3.11. The summed E-state index contributed by atoms with van der Waals surface area (Å²) in [5.74, 6) is 0.224. The molecule has 0 radical (unpaired) electrons. The molecule has 1 atom stereocenters. The Hall–Kier alpha value is -3.46. The highest BCUT2D eigenvalue weighted by atomic mass is 19.4. The maximum Gasteiger partial charge on any atom is 0.416 e. The minimum absolute atomic E-state index is 0.0235. The van der Waals surface area contributed by atoms with Gasteiger partial charge in [0, 0.05) is 36.8 Å². The number of nitrogens with zero attached hydrogens (tertiary/aromatic N) is 3. The van der Waals surface area contributed by atoms with E-state index in [-0.39, 0.29) is 6.61 Å². The molecule has 4 rings (SSSR count). The third-order valence-electron chi connectivity index (χ3n) is 6.05. The van der Waals surface area contributed by atoms with E-state index in [1.54, 1.807) is 44.3 Å². The zero-order valence-electron chi connectivity index (χ0n) is 18.8. The molecule has 3 aromatic rings. The van der Waals surface area contributed by atoms with Gasteiger partial charge in [-0.05, 0) is 61.4 Å². The van der Waals surface area contributed by atoms with Gasteiger partial charge in [-0.3, -0.25) is 9.69 Å². The van der Waals surface area contributed by atoms with Crippen molar-refractivity contribution in [3.8, 4) is 17.1 Å². The number of alkyl halides is 3. The lowest BCUT2D eigenvalue weighted by atomic mass is 10.0. The van der Waals surface area contributed by atoms with E-state index in [9.17, 15) is 23.1 Å². The maximum absolute atomic E-state index is 13.0. The molecule has 0 saturated heterocycles. The van der Waals surface area contributed by atoms with Gasteiger partial charge in [-0.1, -0.05) is 6.07 Å². The highest BCUT2D eigenvalue weighted by Gasteiger charge is 2.31. The second-order valence-corrected chi connectivity index (χ2v) is 8.35. The molecule has 1 N–H and O–H groups in total. The molecule has 0 aliphatic carbocycles. The third-order valence-corrected chi connectivity index (χ3v) is 6.05. The molecule has 178 valence electrons. The topological polar surface area (TPSA) is 75.6 Å². The quantitative estimate of drug-likeness (QED) is 0.552. The number of carboxylic acid groups (broad SMARTS) is 1. The fourth-order valence-electron chi connectivity index (χ4n) is 3.83. The Morgan fingerprint density at radius 1 is 1.21 bits per heavy atom. The molecule has 2 aromatic carbocycles. The Bertz CT molecular complexity index is 1200. The largest absolute Gasteiger partial charge is 0.489 e. The first kappa shape index (κ1) is 23.7. The molecule has 6 nitrogen and oxygen atoms in total. The minimum Gasteiger partial charge on any atom is -0.489 e. The molecule has 9 heteroatoms. The Balaban J connectivity index is 1.43. The fraction of sp³-hybridized carbons (Fsp3) is 0.320. The van der Waals surface area contributed by atoms with Crippen molar-refractivity contribution in [3.63, 3.8) is 0 Å². The van der Waals surface area contributed by atoms with Gasteiger partial charge in [0.05, 0.1) is 11.3 Å². The fourth-order valence-corrected chi connectivity index (χ4v) is 3.83. The van der Waals surface area contributed by atoms with Crippen molar-refractivity contribution in [3.05, 3.63) is 76.6 Å². The Labute approximate surface area is 195 Å². The van der Waals surface area contributed by atoms with E-state index in [0.717, 1.165) is 34.5 Å². The number of carboxylic acids is 1. The molecule has 34 heavy (non-hydrogen) atoms. The number of aryl methyl sites for hydroxylation is 1. The summed E-state index contributed by atoms with van der Waals surface area (Å²) in [4.78, 5) is 22.2. The van der Waals surface area contributed by atoms with Crippen LogP contribution in [0.5, 0.6) is 5.75 Å². The molecule has 0 bridgehead atoms. The van der Waals surface area contributed by atoms with Crippen LogP contribution < -0.4 is 4.74 Å². The SMILES string of the molecule is Cc1ccc(C(F)(F)F)cc1COc1ccc(-c2ncc3c(n2)CCN(C(C)C(=O)O)C3)cc1. The first-order chi connectivity index (χ1) is 16.1. The summed E-state index contributed by atoms with van der Waals surface area (Å²) in [6.45, 7) is 4.54. The number of aromatic nitrogens is 2. The molecule has 0 saturated carbocycles. The van der Waals surface area contributed by atoms with Gasteiger partial charge in [0.2, 0.25) is 0 Å². The number of benzene rings is 2. The van der Waals surface area contributed by atoms with Crippen molar-refractivity contribution >= 4 is 5.97 Å². The van der Waals surface area contributed by atoms with Crippen LogP contribution in [0.2, 0.25) is 0 Å². The maximum atomic E-state index is 13.0. The molecule has 0 spiro atoms. The smallest absolute Gasteiger partial charge is 0.416 e. The first-order valence-corrected chi connectivity index (χ1v) is 10.8. The summed E-state index contributed by atoms with van der Waals surface area (Å²) in [7, 11) is 0. The van der Waals surface area contributed by atoms with Gasteiger partial charge >= 0.3 is 12.1 Å². The van der Waals surface area contributed by atoms with Crippen LogP contribution in [0.25, 0.3) is 11.4 Å². The molecule has 0 fully saturated rings. The number of aliphatic carboxylic acids is 1. The highest BCUT2D eigenvalue weighted by Crippen LogP contribution is 2.31. The molecule has 1 aromatic heterocycles. The van der Waals surface area contributed by atoms with E-state index in [0.29, 0.717) is 36.6 Å². The number of rotatable bonds is 6.